The lowest BCUT2D eigenvalue weighted by molar-refractivity contribution is 0.0984. The number of hydrogen-bond donors (Lipinski definition) is 0. The summed E-state index contributed by atoms with van der Waals surface area (Å²) in [6.07, 6.45) is 3.18. The first-order chi connectivity index (χ1) is 19.9. The van der Waals surface area contributed by atoms with Crippen LogP contribution in [0.15, 0.2) is 12.1 Å². The van der Waals surface area contributed by atoms with Gasteiger partial charge in [0.2, 0.25) is 0 Å². The fourth-order valence-electron chi connectivity index (χ4n) is 6.36. The molecule has 4 aromatic rings. The van der Waals surface area contributed by atoms with E-state index >= 15 is 0 Å². The van der Waals surface area contributed by atoms with Gasteiger partial charge in [0.25, 0.3) is 0 Å². The number of benzene rings is 1. The molecule has 0 radical (unpaired) electrons. The van der Waals surface area contributed by atoms with Crippen LogP contribution in [-0.2, 0) is 24.2 Å². The van der Waals surface area contributed by atoms with E-state index in [1.807, 2.05) is 4.09 Å². The van der Waals surface area contributed by atoms with Gasteiger partial charge in [-0.2, -0.15) is 14.3 Å². The molecule has 1 aromatic carbocycles. The summed E-state index contributed by atoms with van der Waals surface area (Å²) in [6.45, 7) is 13.1. The van der Waals surface area contributed by atoms with Crippen molar-refractivity contribution in [2.45, 2.75) is 72.0 Å². The van der Waals surface area contributed by atoms with E-state index in [0.29, 0.717) is 25.7 Å². The molecule has 9 nitrogen and oxygen atoms in total. The maximum atomic E-state index is 7.03. The van der Waals surface area contributed by atoms with Gasteiger partial charge in [-0.3, -0.25) is 0 Å². The molecule has 0 amide bonds. The van der Waals surface area contributed by atoms with Gasteiger partial charge < -0.3 is 14.5 Å². The van der Waals surface area contributed by atoms with Gasteiger partial charge in [-0.25, -0.2) is 14.6 Å². The molecule has 7 rings (SSSR count). The summed E-state index contributed by atoms with van der Waals surface area (Å²) in [7, 11) is 1.58. The molecule has 41 heavy (non-hydrogen) atoms. The Morgan fingerprint density at radius 3 is 2.71 bits per heavy atom. The predicted octanol–water partition coefficient (Wildman–Crippen LogP) is 6.49. The molecular weight excluding hydrogens is 671 g/mol. The fourth-order valence-corrected chi connectivity index (χ4v) is 8.05. The maximum Gasteiger partial charge on any atom is 0.162 e. The van der Waals surface area contributed by atoms with Crippen molar-refractivity contribution in [3.63, 3.8) is 0 Å². The molecular formula is C29H34ClIN8OS. The first-order valence-corrected chi connectivity index (χ1v) is 18.1. The highest BCUT2D eigenvalue weighted by molar-refractivity contribution is 14.2. The monoisotopic (exact) mass is 704 g/mol. The normalized spacial score (nSPS) is 19.3. The standard InChI is InChI=1S/C29H34ClIN8OS/c1-5-38-29(25(30)26(35-38)19-7-8-19)36-11-10-21-20(14-36)28(37-12-13-40-15-17(37)3)33-27(32-21)23-16(2)6-9-22-24(23)18(4)34-39(22)41-31/h6,9,17,19H,5,7-8,10-15H2,1-4H3. The molecule has 1 aliphatic carbocycles. The average molecular weight is 705 g/mol. The van der Waals surface area contributed by atoms with Crippen molar-refractivity contribution in [3.05, 3.63) is 45.4 Å². The number of morpholine rings is 1. The van der Waals surface area contributed by atoms with Gasteiger partial charge in [0.05, 0.1) is 41.9 Å². The summed E-state index contributed by atoms with van der Waals surface area (Å²) in [5, 5.41) is 11.7. The highest BCUT2D eigenvalue weighted by Gasteiger charge is 2.35. The number of hydrogen-bond acceptors (Lipinski definition) is 8. The zero-order valence-electron chi connectivity index (χ0n) is 23.8. The first kappa shape index (κ1) is 27.7. The molecule has 0 spiro atoms. The van der Waals surface area contributed by atoms with Gasteiger partial charge in [0, 0.05) is 85.4 Å². The van der Waals surface area contributed by atoms with E-state index in [4.69, 9.17) is 36.5 Å². The van der Waals surface area contributed by atoms with Crippen LogP contribution in [0.1, 0.15) is 60.8 Å². The predicted molar refractivity (Wildman–Crippen MR) is 175 cm³/mol. The van der Waals surface area contributed by atoms with E-state index in [2.05, 4.69) is 75.5 Å². The SMILES string of the molecule is CCn1nc(C2CC2)c(Cl)c1N1CCc2nc(-c3c(C)ccc4c3c(C)nn4SI)nc(N3CCOCC3C)c2C1. The van der Waals surface area contributed by atoms with Crippen LogP contribution in [-0.4, -0.2) is 61.3 Å². The van der Waals surface area contributed by atoms with Gasteiger partial charge in [0.15, 0.2) is 5.82 Å². The Kier molecular flexibility index (Phi) is 7.35. The molecule has 0 N–H and O–H groups in total. The van der Waals surface area contributed by atoms with Crippen LogP contribution in [0.5, 0.6) is 0 Å². The van der Waals surface area contributed by atoms with Crippen LogP contribution in [0, 0.1) is 13.8 Å². The van der Waals surface area contributed by atoms with Crippen molar-refractivity contribution in [1.82, 2.24) is 28.9 Å². The number of aryl methyl sites for hydroxylation is 3. The minimum absolute atomic E-state index is 0.217. The second-order valence-corrected chi connectivity index (χ2v) is 13.4. The third-order valence-electron chi connectivity index (χ3n) is 8.62. The zero-order valence-corrected chi connectivity index (χ0v) is 27.6. The van der Waals surface area contributed by atoms with Gasteiger partial charge in [-0.1, -0.05) is 17.7 Å². The van der Waals surface area contributed by atoms with Crippen molar-refractivity contribution in [1.29, 1.82) is 0 Å². The Bertz CT molecular complexity index is 1650. The summed E-state index contributed by atoms with van der Waals surface area (Å²) in [4.78, 5) is 15.5. The number of aromatic nitrogens is 6. The van der Waals surface area contributed by atoms with E-state index in [-0.39, 0.29) is 6.04 Å². The molecule has 216 valence electrons. The highest BCUT2D eigenvalue weighted by atomic mass is 127. The van der Waals surface area contributed by atoms with E-state index in [1.165, 1.54) is 18.4 Å². The lowest BCUT2D eigenvalue weighted by Gasteiger charge is -2.38. The number of fused-ring (bicyclic) bond motifs is 2. The van der Waals surface area contributed by atoms with Crippen LogP contribution in [0.25, 0.3) is 22.3 Å². The van der Waals surface area contributed by atoms with E-state index in [9.17, 15) is 0 Å². The van der Waals surface area contributed by atoms with Crippen molar-refractivity contribution >= 4 is 64.5 Å². The quantitative estimate of drug-likeness (QED) is 0.211. The zero-order chi connectivity index (χ0) is 28.4. The average Bonchev–Trinajstić information content (AvgIpc) is 3.70. The summed E-state index contributed by atoms with van der Waals surface area (Å²) < 4.78 is 9.89. The number of ether oxygens (including phenoxy) is 1. The lowest BCUT2D eigenvalue weighted by Crippen LogP contribution is -2.45. The van der Waals surface area contributed by atoms with Gasteiger partial charge in [-0.15, -0.1) is 0 Å². The molecule has 1 saturated heterocycles. The van der Waals surface area contributed by atoms with E-state index < -0.39 is 0 Å². The number of nitrogens with zero attached hydrogens (tertiary/aromatic N) is 8. The van der Waals surface area contributed by atoms with Gasteiger partial charge >= 0.3 is 0 Å². The maximum absolute atomic E-state index is 7.03. The highest BCUT2D eigenvalue weighted by Crippen LogP contribution is 2.46. The van der Waals surface area contributed by atoms with Crippen LogP contribution in [0.3, 0.4) is 0 Å². The Morgan fingerprint density at radius 1 is 1.15 bits per heavy atom. The topological polar surface area (TPSA) is 77.1 Å². The molecule has 12 heteroatoms. The molecule has 2 aliphatic heterocycles. The van der Waals surface area contributed by atoms with Gasteiger partial charge in [-0.05, 0) is 52.2 Å². The summed E-state index contributed by atoms with van der Waals surface area (Å²) in [5.74, 6) is 3.33. The minimum Gasteiger partial charge on any atom is -0.377 e. The second-order valence-electron chi connectivity index (χ2n) is 11.4. The molecule has 1 saturated carbocycles. The molecule has 3 aliphatic rings. The van der Waals surface area contributed by atoms with E-state index in [0.717, 1.165) is 87.6 Å². The third-order valence-corrected chi connectivity index (χ3v) is 10.5. The Labute approximate surface area is 261 Å². The van der Waals surface area contributed by atoms with Crippen molar-refractivity contribution in [2.75, 3.05) is 36.1 Å². The Morgan fingerprint density at radius 2 is 1.98 bits per heavy atom. The lowest BCUT2D eigenvalue weighted by atomic mass is 9.99. The minimum atomic E-state index is 0.217. The number of halogens is 2. The molecule has 0 bridgehead atoms. The molecule has 1 atom stereocenters. The Hall–Kier alpha value is -2.09. The summed E-state index contributed by atoms with van der Waals surface area (Å²) in [5.41, 5.74) is 7.67. The van der Waals surface area contributed by atoms with Gasteiger partial charge in [0.1, 0.15) is 16.7 Å². The van der Waals surface area contributed by atoms with Crippen molar-refractivity contribution in [3.8, 4) is 11.4 Å². The van der Waals surface area contributed by atoms with Crippen LogP contribution in [0.4, 0.5) is 11.6 Å². The van der Waals surface area contributed by atoms with Crippen LogP contribution < -0.4 is 9.80 Å². The summed E-state index contributed by atoms with van der Waals surface area (Å²) >= 11 is 9.31. The number of rotatable bonds is 6. The molecule has 3 aromatic heterocycles. The van der Waals surface area contributed by atoms with Crippen LogP contribution >= 0.6 is 41.9 Å². The van der Waals surface area contributed by atoms with Crippen LogP contribution in [0.2, 0.25) is 5.02 Å². The van der Waals surface area contributed by atoms with E-state index in [1.54, 1.807) is 9.12 Å². The first-order valence-electron chi connectivity index (χ1n) is 14.4. The summed E-state index contributed by atoms with van der Waals surface area (Å²) in [6, 6.07) is 4.53. The third kappa shape index (κ3) is 4.71. The second kappa shape index (κ2) is 10.9. The molecule has 2 fully saturated rings. The molecule has 5 heterocycles. The largest absolute Gasteiger partial charge is 0.377 e. The Balaban J connectivity index is 1.38. The molecule has 1 unspecified atom stereocenters. The smallest absolute Gasteiger partial charge is 0.162 e. The number of anilines is 2. The van der Waals surface area contributed by atoms with Crippen molar-refractivity contribution < 1.29 is 4.74 Å². The van der Waals surface area contributed by atoms with Crippen molar-refractivity contribution in [2.24, 2.45) is 0 Å². The fraction of sp³-hybridized carbons (Fsp3) is 0.517.